The fourth-order valence-electron chi connectivity index (χ4n) is 2.92. The third kappa shape index (κ3) is 3.48. The first kappa shape index (κ1) is 16.6. The summed E-state index contributed by atoms with van der Waals surface area (Å²) in [6.45, 7) is 4.50. The van der Waals surface area contributed by atoms with Crippen molar-refractivity contribution < 1.29 is 9.53 Å². The molecule has 0 saturated carbocycles. The lowest BCUT2D eigenvalue weighted by Gasteiger charge is -2.20. The van der Waals surface area contributed by atoms with Crippen LogP contribution >= 0.6 is 12.2 Å². The second-order valence-corrected chi connectivity index (χ2v) is 6.16. The molecular formula is C18H21N3O2S. The summed E-state index contributed by atoms with van der Waals surface area (Å²) in [6, 6.07) is 10.00. The summed E-state index contributed by atoms with van der Waals surface area (Å²) >= 11 is 5.60. The van der Waals surface area contributed by atoms with E-state index in [1.54, 1.807) is 13.3 Å². The van der Waals surface area contributed by atoms with Gasteiger partial charge in [0.05, 0.1) is 12.9 Å². The van der Waals surface area contributed by atoms with Crippen molar-refractivity contribution in [3.05, 3.63) is 52.4 Å². The molecule has 0 atom stereocenters. The Bertz CT molecular complexity index is 768. The van der Waals surface area contributed by atoms with Crippen molar-refractivity contribution in [1.82, 2.24) is 9.55 Å². The molecule has 6 heteroatoms. The van der Waals surface area contributed by atoms with Crippen molar-refractivity contribution in [3.63, 3.8) is 0 Å². The standard InChI is InChI=1S/C18H21N3O2S/c1-2-23-18(22)15-16(20-10-6-7-11-20)19-13-21(17(15)24)12-14-8-4-3-5-9-14/h3-5,8-9,13H,2,6-7,10-12H2,1H3. The minimum Gasteiger partial charge on any atom is -0.462 e. The number of ether oxygens (including phenoxy) is 1. The maximum absolute atomic E-state index is 12.5. The zero-order chi connectivity index (χ0) is 16.9. The maximum atomic E-state index is 12.5. The number of rotatable bonds is 5. The molecule has 0 bridgehead atoms. The number of carbonyl (C=O) groups is 1. The van der Waals surface area contributed by atoms with Crippen LogP contribution in [-0.4, -0.2) is 35.2 Å². The van der Waals surface area contributed by atoms with Gasteiger partial charge < -0.3 is 14.2 Å². The van der Waals surface area contributed by atoms with Gasteiger partial charge in [0.1, 0.15) is 16.0 Å². The van der Waals surface area contributed by atoms with Gasteiger partial charge in [0.25, 0.3) is 0 Å². The molecule has 0 unspecified atom stereocenters. The molecule has 2 heterocycles. The van der Waals surface area contributed by atoms with E-state index in [1.165, 1.54) is 0 Å². The topological polar surface area (TPSA) is 47.4 Å². The van der Waals surface area contributed by atoms with Crippen molar-refractivity contribution in [2.24, 2.45) is 0 Å². The minimum absolute atomic E-state index is 0.320. The van der Waals surface area contributed by atoms with E-state index in [0.29, 0.717) is 29.2 Å². The lowest BCUT2D eigenvalue weighted by atomic mass is 10.2. The van der Waals surface area contributed by atoms with Crippen LogP contribution in [-0.2, 0) is 11.3 Å². The van der Waals surface area contributed by atoms with E-state index in [-0.39, 0.29) is 5.97 Å². The highest BCUT2D eigenvalue weighted by molar-refractivity contribution is 7.71. The van der Waals surface area contributed by atoms with Crippen LogP contribution in [0.2, 0.25) is 0 Å². The summed E-state index contributed by atoms with van der Waals surface area (Å²) in [4.78, 5) is 19.1. The van der Waals surface area contributed by atoms with Crippen molar-refractivity contribution in [1.29, 1.82) is 0 Å². The summed E-state index contributed by atoms with van der Waals surface area (Å²) in [5, 5.41) is 0. The Labute approximate surface area is 146 Å². The number of aromatic nitrogens is 2. The van der Waals surface area contributed by atoms with E-state index >= 15 is 0 Å². The first-order valence-electron chi connectivity index (χ1n) is 8.26. The third-order valence-corrected chi connectivity index (χ3v) is 4.54. The Kier molecular flexibility index (Phi) is 5.25. The van der Waals surface area contributed by atoms with Gasteiger partial charge >= 0.3 is 5.97 Å². The number of hydrogen-bond acceptors (Lipinski definition) is 5. The molecule has 1 aromatic heterocycles. The van der Waals surface area contributed by atoms with Gasteiger partial charge in [0.2, 0.25) is 0 Å². The molecule has 1 fully saturated rings. The SMILES string of the molecule is CCOC(=O)c1c(N2CCCC2)ncn(Cc2ccccc2)c1=S. The fourth-order valence-corrected chi connectivity index (χ4v) is 3.21. The summed E-state index contributed by atoms with van der Waals surface area (Å²) in [7, 11) is 0. The lowest BCUT2D eigenvalue weighted by molar-refractivity contribution is 0.0525. The molecule has 1 aliphatic heterocycles. The summed E-state index contributed by atoms with van der Waals surface area (Å²) in [6.07, 6.45) is 3.94. The van der Waals surface area contributed by atoms with Crippen LogP contribution in [0.15, 0.2) is 36.7 Å². The van der Waals surface area contributed by atoms with Crippen LogP contribution in [0.4, 0.5) is 5.82 Å². The van der Waals surface area contributed by atoms with Crippen LogP contribution in [0.5, 0.6) is 0 Å². The Morgan fingerprint density at radius 2 is 1.96 bits per heavy atom. The quantitative estimate of drug-likeness (QED) is 0.615. The highest BCUT2D eigenvalue weighted by Gasteiger charge is 2.24. The van der Waals surface area contributed by atoms with Crippen molar-refractivity contribution in [2.45, 2.75) is 26.3 Å². The molecule has 1 aliphatic rings. The number of esters is 1. The average Bonchev–Trinajstić information content (AvgIpc) is 3.12. The molecule has 3 rings (SSSR count). The van der Waals surface area contributed by atoms with Crippen molar-refractivity contribution >= 4 is 24.0 Å². The van der Waals surface area contributed by atoms with E-state index in [1.807, 2.05) is 34.9 Å². The van der Waals surface area contributed by atoms with Crippen LogP contribution in [0.25, 0.3) is 0 Å². The molecule has 0 N–H and O–H groups in total. The Morgan fingerprint density at radius 1 is 1.25 bits per heavy atom. The van der Waals surface area contributed by atoms with Gasteiger partial charge in [-0.05, 0) is 25.3 Å². The van der Waals surface area contributed by atoms with Crippen molar-refractivity contribution in [2.75, 3.05) is 24.6 Å². The Hall–Kier alpha value is -2.21. The van der Waals surface area contributed by atoms with Gasteiger partial charge in [-0.3, -0.25) is 0 Å². The van der Waals surface area contributed by atoms with Gasteiger partial charge in [-0.1, -0.05) is 42.5 Å². The third-order valence-electron chi connectivity index (χ3n) is 4.10. The normalized spacial score (nSPS) is 14.0. The maximum Gasteiger partial charge on any atom is 0.344 e. The molecular weight excluding hydrogens is 322 g/mol. The molecule has 0 aliphatic carbocycles. The summed E-state index contributed by atoms with van der Waals surface area (Å²) in [5.41, 5.74) is 1.52. The first-order valence-corrected chi connectivity index (χ1v) is 8.67. The van der Waals surface area contributed by atoms with E-state index < -0.39 is 0 Å². The smallest absolute Gasteiger partial charge is 0.344 e. The number of carbonyl (C=O) groups excluding carboxylic acids is 1. The van der Waals surface area contributed by atoms with Gasteiger partial charge in [0, 0.05) is 19.6 Å². The van der Waals surface area contributed by atoms with Crippen LogP contribution < -0.4 is 4.90 Å². The monoisotopic (exact) mass is 343 g/mol. The predicted octanol–water partition coefficient (Wildman–Crippen LogP) is 3.44. The molecule has 0 spiro atoms. The molecule has 1 aromatic carbocycles. The van der Waals surface area contributed by atoms with E-state index in [0.717, 1.165) is 31.5 Å². The zero-order valence-corrected chi connectivity index (χ0v) is 14.6. The van der Waals surface area contributed by atoms with Crippen LogP contribution in [0, 0.1) is 4.64 Å². The molecule has 0 radical (unpaired) electrons. The highest BCUT2D eigenvalue weighted by Crippen LogP contribution is 2.24. The number of nitrogens with zero attached hydrogens (tertiary/aromatic N) is 3. The van der Waals surface area contributed by atoms with E-state index in [2.05, 4.69) is 9.88 Å². The largest absolute Gasteiger partial charge is 0.462 e. The number of anilines is 1. The number of benzene rings is 1. The fraction of sp³-hybridized carbons (Fsp3) is 0.389. The molecule has 0 amide bonds. The van der Waals surface area contributed by atoms with Gasteiger partial charge in [-0.15, -0.1) is 0 Å². The van der Waals surface area contributed by atoms with Gasteiger partial charge in [-0.2, -0.15) is 0 Å². The molecule has 24 heavy (non-hydrogen) atoms. The average molecular weight is 343 g/mol. The Balaban J connectivity index is 2.01. The van der Waals surface area contributed by atoms with Gasteiger partial charge in [-0.25, -0.2) is 9.78 Å². The molecule has 2 aromatic rings. The number of hydrogen-bond donors (Lipinski definition) is 0. The molecule has 1 saturated heterocycles. The van der Waals surface area contributed by atoms with Gasteiger partial charge in [0.15, 0.2) is 0 Å². The Morgan fingerprint density at radius 3 is 2.62 bits per heavy atom. The predicted molar refractivity (Wildman–Crippen MR) is 96.0 cm³/mol. The van der Waals surface area contributed by atoms with Crippen LogP contribution in [0.3, 0.4) is 0 Å². The summed E-state index contributed by atoms with van der Waals surface area (Å²) in [5.74, 6) is 0.263. The molecule has 126 valence electrons. The lowest BCUT2D eigenvalue weighted by Crippen LogP contribution is -2.24. The minimum atomic E-state index is -0.390. The van der Waals surface area contributed by atoms with Crippen LogP contribution in [0.1, 0.15) is 35.7 Å². The molecule has 5 nitrogen and oxygen atoms in total. The van der Waals surface area contributed by atoms with E-state index in [4.69, 9.17) is 17.0 Å². The zero-order valence-electron chi connectivity index (χ0n) is 13.8. The second kappa shape index (κ2) is 7.57. The highest BCUT2D eigenvalue weighted by atomic mass is 32.1. The van der Waals surface area contributed by atoms with E-state index in [9.17, 15) is 4.79 Å². The second-order valence-electron chi connectivity index (χ2n) is 5.78. The van der Waals surface area contributed by atoms with Crippen molar-refractivity contribution in [3.8, 4) is 0 Å². The first-order chi connectivity index (χ1) is 11.7. The summed E-state index contributed by atoms with van der Waals surface area (Å²) < 4.78 is 7.54.